The van der Waals surface area contributed by atoms with Crippen LogP contribution in [0.25, 0.3) is 11.3 Å². The average molecular weight is 435 g/mol. The number of morpholine rings is 1. The van der Waals surface area contributed by atoms with Gasteiger partial charge in [0.15, 0.2) is 11.5 Å². The minimum Gasteiger partial charge on any atom is -0.378 e. The molecule has 2 aromatic heterocycles. The molecule has 1 amide bonds. The third-order valence-electron chi connectivity index (χ3n) is 5.80. The quantitative estimate of drug-likeness (QED) is 0.618. The number of piperazine rings is 1. The number of aryl methyl sites for hydroxylation is 1. The number of hydrogen-bond donors (Lipinski definition) is 0. The van der Waals surface area contributed by atoms with E-state index in [9.17, 15) is 4.79 Å². The Morgan fingerprint density at radius 3 is 2.41 bits per heavy atom. The van der Waals surface area contributed by atoms with Gasteiger partial charge in [0, 0.05) is 62.7 Å². The molecule has 0 N–H and O–H groups in total. The molecule has 2 aliphatic rings. The number of rotatable bonds is 4. The molecular formula is C23H26N6O3. The molecule has 5 rings (SSSR count). The molecule has 3 aromatic rings. The maximum Gasteiger partial charge on any atom is 0.276 e. The minimum atomic E-state index is -0.116. The zero-order chi connectivity index (χ0) is 21.9. The topological polar surface area (TPSA) is 87.8 Å². The second-order valence-electron chi connectivity index (χ2n) is 7.99. The fourth-order valence-electron chi connectivity index (χ4n) is 4.02. The number of ether oxygens (including phenoxy) is 1. The van der Waals surface area contributed by atoms with Gasteiger partial charge >= 0.3 is 0 Å². The van der Waals surface area contributed by atoms with Crippen LogP contribution in [0.5, 0.6) is 0 Å². The lowest BCUT2D eigenvalue weighted by atomic mass is 10.1. The first kappa shape index (κ1) is 20.4. The van der Waals surface area contributed by atoms with E-state index >= 15 is 0 Å². The second-order valence-corrected chi connectivity index (χ2v) is 7.99. The zero-order valence-corrected chi connectivity index (χ0v) is 18.1. The van der Waals surface area contributed by atoms with Crippen LogP contribution in [0.4, 0.5) is 11.8 Å². The lowest BCUT2D eigenvalue weighted by Gasteiger charge is -2.35. The predicted molar refractivity (Wildman–Crippen MR) is 120 cm³/mol. The molecule has 2 fully saturated rings. The normalized spacial score (nSPS) is 17.0. The summed E-state index contributed by atoms with van der Waals surface area (Å²) in [7, 11) is 0. The van der Waals surface area contributed by atoms with E-state index in [-0.39, 0.29) is 5.91 Å². The molecule has 9 heteroatoms. The summed E-state index contributed by atoms with van der Waals surface area (Å²) in [5.41, 5.74) is 2.17. The van der Waals surface area contributed by atoms with Crippen molar-refractivity contribution in [1.29, 1.82) is 0 Å². The van der Waals surface area contributed by atoms with Gasteiger partial charge in [0.1, 0.15) is 5.82 Å². The van der Waals surface area contributed by atoms with Crippen LogP contribution in [0.1, 0.15) is 16.2 Å². The first-order valence-corrected chi connectivity index (χ1v) is 10.9. The molecule has 9 nitrogen and oxygen atoms in total. The van der Waals surface area contributed by atoms with E-state index in [1.807, 2.05) is 48.2 Å². The smallest absolute Gasteiger partial charge is 0.276 e. The number of anilines is 2. The van der Waals surface area contributed by atoms with E-state index in [1.54, 1.807) is 6.07 Å². The van der Waals surface area contributed by atoms with Gasteiger partial charge < -0.3 is 24.0 Å². The number of carbonyl (C=O) groups is 1. The molecule has 0 bridgehead atoms. The number of amides is 1. The molecule has 1 aromatic carbocycles. The van der Waals surface area contributed by atoms with Crippen molar-refractivity contribution in [3.05, 3.63) is 53.9 Å². The lowest BCUT2D eigenvalue weighted by molar-refractivity contribution is 0.0736. The van der Waals surface area contributed by atoms with Crippen LogP contribution in [0.15, 0.2) is 47.0 Å². The largest absolute Gasteiger partial charge is 0.378 e. The van der Waals surface area contributed by atoms with E-state index < -0.39 is 0 Å². The van der Waals surface area contributed by atoms with Crippen LogP contribution in [-0.2, 0) is 4.74 Å². The van der Waals surface area contributed by atoms with Crippen molar-refractivity contribution in [1.82, 2.24) is 20.0 Å². The highest BCUT2D eigenvalue weighted by Crippen LogP contribution is 2.22. The molecule has 166 valence electrons. The fourth-order valence-corrected chi connectivity index (χ4v) is 4.02. The number of nitrogens with zero attached hydrogens (tertiary/aromatic N) is 6. The maximum absolute atomic E-state index is 12.9. The van der Waals surface area contributed by atoms with Crippen molar-refractivity contribution in [3.63, 3.8) is 0 Å². The monoisotopic (exact) mass is 434 g/mol. The Morgan fingerprint density at radius 1 is 0.906 bits per heavy atom. The molecule has 2 saturated heterocycles. The van der Waals surface area contributed by atoms with Crippen LogP contribution in [0.3, 0.4) is 0 Å². The van der Waals surface area contributed by atoms with Gasteiger partial charge in [-0.3, -0.25) is 4.79 Å². The van der Waals surface area contributed by atoms with E-state index in [2.05, 4.69) is 19.9 Å². The Bertz CT molecular complexity index is 1070. The predicted octanol–water partition coefficient (Wildman–Crippen LogP) is 2.24. The van der Waals surface area contributed by atoms with Gasteiger partial charge in [0.2, 0.25) is 5.95 Å². The molecule has 0 radical (unpaired) electrons. The summed E-state index contributed by atoms with van der Waals surface area (Å²) in [4.78, 5) is 28.6. The number of aromatic nitrogens is 3. The summed E-state index contributed by atoms with van der Waals surface area (Å²) in [5, 5.41) is 4.00. The SMILES string of the molecule is Cc1cc(N2CCOCC2)nc(N2CCN(C(=O)c3cc(-c4ccccc4)on3)CC2)n1. The van der Waals surface area contributed by atoms with Crippen molar-refractivity contribution in [3.8, 4) is 11.3 Å². The molecular weight excluding hydrogens is 408 g/mol. The standard InChI is InChI=1S/C23H26N6O3/c1-17-15-21(27-11-13-31-14-12-27)25-23(24-17)29-9-7-28(8-10-29)22(30)19-16-20(32-26-19)18-5-3-2-4-6-18/h2-6,15-16H,7-14H2,1H3. The van der Waals surface area contributed by atoms with Crippen LogP contribution < -0.4 is 9.80 Å². The van der Waals surface area contributed by atoms with Gasteiger partial charge in [0.05, 0.1) is 13.2 Å². The van der Waals surface area contributed by atoms with Crippen LogP contribution in [-0.4, -0.2) is 78.4 Å². The van der Waals surface area contributed by atoms with Gasteiger partial charge in [-0.05, 0) is 6.92 Å². The third-order valence-corrected chi connectivity index (χ3v) is 5.80. The summed E-state index contributed by atoms with van der Waals surface area (Å²) in [6.45, 7) is 7.58. The second kappa shape index (κ2) is 8.96. The van der Waals surface area contributed by atoms with Crippen LogP contribution in [0.2, 0.25) is 0 Å². The van der Waals surface area contributed by atoms with E-state index in [1.165, 1.54) is 0 Å². The van der Waals surface area contributed by atoms with Gasteiger partial charge in [-0.2, -0.15) is 4.98 Å². The highest BCUT2D eigenvalue weighted by Gasteiger charge is 2.26. The number of benzene rings is 1. The van der Waals surface area contributed by atoms with Crippen molar-refractivity contribution < 1.29 is 14.1 Å². The van der Waals surface area contributed by atoms with Crippen molar-refractivity contribution >= 4 is 17.7 Å². The van der Waals surface area contributed by atoms with Gasteiger partial charge in [-0.25, -0.2) is 4.98 Å². The molecule has 2 aliphatic heterocycles. The highest BCUT2D eigenvalue weighted by atomic mass is 16.5. The fraction of sp³-hybridized carbons (Fsp3) is 0.391. The minimum absolute atomic E-state index is 0.116. The first-order valence-electron chi connectivity index (χ1n) is 10.9. The summed E-state index contributed by atoms with van der Waals surface area (Å²) in [6, 6.07) is 13.4. The Kier molecular flexibility index (Phi) is 5.72. The van der Waals surface area contributed by atoms with E-state index in [0.717, 1.165) is 30.2 Å². The van der Waals surface area contributed by atoms with Crippen molar-refractivity contribution in [2.24, 2.45) is 0 Å². The Hall–Kier alpha value is -3.46. The van der Waals surface area contributed by atoms with Crippen molar-refractivity contribution in [2.45, 2.75) is 6.92 Å². The molecule has 0 aliphatic carbocycles. The van der Waals surface area contributed by atoms with E-state index in [0.29, 0.717) is 56.8 Å². The maximum atomic E-state index is 12.9. The summed E-state index contributed by atoms with van der Waals surface area (Å²) >= 11 is 0. The van der Waals surface area contributed by atoms with Crippen LogP contribution >= 0.6 is 0 Å². The molecule has 4 heterocycles. The number of hydrogen-bond acceptors (Lipinski definition) is 8. The lowest BCUT2D eigenvalue weighted by Crippen LogP contribution is -2.49. The Morgan fingerprint density at radius 2 is 1.66 bits per heavy atom. The average Bonchev–Trinajstić information content (AvgIpc) is 3.35. The third kappa shape index (κ3) is 4.29. The molecule has 0 saturated carbocycles. The summed E-state index contributed by atoms with van der Waals surface area (Å²) in [5.74, 6) is 2.13. The van der Waals surface area contributed by atoms with Gasteiger partial charge in [0.25, 0.3) is 5.91 Å². The van der Waals surface area contributed by atoms with Gasteiger partial charge in [-0.1, -0.05) is 35.5 Å². The molecule has 0 atom stereocenters. The zero-order valence-electron chi connectivity index (χ0n) is 18.1. The Balaban J connectivity index is 1.24. The van der Waals surface area contributed by atoms with Crippen LogP contribution in [0, 0.1) is 6.92 Å². The molecule has 0 spiro atoms. The first-order chi connectivity index (χ1) is 15.7. The Labute approximate surface area is 186 Å². The summed E-state index contributed by atoms with van der Waals surface area (Å²) < 4.78 is 10.8. The van der Waals surface area contributed by atoms with Crippen molar-refractivity contribution in [2.75, 3.05) is 62.3 Å². The van der Waals surface area contributed by atoms with Gasteiger partial charge in [-0.15, -0.1) is 0 Å². The highest BCUT2D eigenvalue weighted by molar-refractivity contribution is 5.93. The summed E-state index contributed by atoms with van der Waals surface area (Å²) in [6.07, 6.45) is 0. The molecule has 32 heavy (non-hydrogen) atoms. The molecule has 0 unspecified atom stereocenters. The van der Waals surface area contributed by atoms with E-state index in [4.69, 9.17) is 14.2 Å². The number of carbonyl (C=O) groups excluding carboxylic acids is 1.